The molecule has 0 saturated heterocycles. The molecule has 0 spiro atoms. The van der Waals surface area contributed by atoms with Gasteiger partial charge in [-0.25, -0.2) is 0 Å². The van der Waals surface area contributed by atoms with Crippen molar-refractivity contribution < 1.29 is 14.3 Å². The lowest BCUT2D eigenvalue weighted by Gasteiger charge is -2.28. The molecule has 0 fully saturated rings. The number of carbonyl (C=O) groups excluding carboxylic acids is 1. The molecule has 100 valence electrons. The van der Waals surface area contributed by atoms with Crippen molar-refractivity contribution in [2.45, 2.75) is 31.9 Å². The van der Waals surface area contributed by atoms with Crippen LogP contribution >= 0.6 is 15.9 Å². The van der Waals surface area contributed by atoms with Gasteiger partial charge in [-0.3, -0.25) is 4.79 Å². The second-order valence-electron chi connectivity index (χ2n) is 4.65. The Hall–Kier alpha value is -1.07. The maximum Gasteiger partial charge on any atom is 0.322 e. The summed E-state index contributed by atoms with van der Waals surface area (Å²) in [6.07, 6.45) is 0.381. The van der Waals surface area contributed by atoms with Crippen molar-refractivity contribution in [3.8, 4) is 5.75 Å². The monoisotopic (exact) mass is 315 g/mol. The fourth-order valence-corrected chi connectivity index (χ4v) is 2.03. The first kappa shape index (κ1) is 15.0. The highest BCUT2D eigenvalue weighted by Crippen LogP contribution is 2.24. The highest BCUT2D eigenvalue weighted by atomic mass is 79.9. The van der Waals surface area contributed by atoms with E-state index >= 15 is 0 Å². The number of carbonyl (C=O) groups is 1. The van der Waals surface area contributed by atoms with E-state index in [1.54, 1.807) is 0 Å². The fraction of sp³-hybridized carbons (Fsp3) is 0.462. The van der Waals surface area contributed by atoms with Gasteiger partial charge in [-0.15, -0.1) is 0 Å². The van der Waals surface area contributed by atoms with E-state index in [-0.39, 0.29) is 0 Å². The van der Waals surface area contributed by atoms with Crippen LogP contribution in [0.1, 0.15) is 20.3 Å². The predicted octanol–water partition coefficient (Wildman–Crippen LogP) is 2.50. The molecule has 0 aliphatic heterocycles. The quantitative estimate of drug-likeness (QED) is 0.848. The molecule has 0 saturated carbocycles. The lowest BCUT2D eigenvalue weighted by Crippen LogP contribution is -2.41. The average Bonchev–Trinajstić information content (AvgIpc) is 2.26. The maximum absolute atomic E-state index is 11.3. The van der Waals surface area contributed by atoms with Crippen LogP contribution in [-0.4, -0.2) is 24.7 Å². The Morgan fingerprint density at radius 1 is 1.50 bits per heavy atom. The second-order valence-corrected chi connectivity index (χ2v) is 5.57. The van der Waals surface area contributed by atoms with Crippen LogP contribution in [-0.2, 0) is 9.53 Å². The molecule has 0 aliphatic rings. The molecule has 0 aliphatic carbocycles. The number of ether oxygens (including phenoxy) is 2. The zero-order chi connectivity index (χ0) is 13.8. The number of hydrogen-bond donors (Lipinski definition) is 1. The minimum absolute atomic E-state index is 0.381. The number of benzene rings is 1. The number of nitrogens with two attached hydrogens (primary N) is 1. The fourth-order valence-electron chi connectivity index (χ4n) is 1.66. The van der Waals surface area contributed by atoms with E-state index in [0.29, 0.717) is 6.42 Å². The minimum atomic E-state index is -0.683. The molecule has 18 heavy (non-hydrogen) atoms. The average molecular weight is 316 g/mol. The summed E-state index contributed by atoms with van der Waals surface area (Å²) in [6.45, 7) is 3.77. The zero-order valence-corrected chi connectivity index (χ0v) is 12.4. The van der Waals surface area contributed by atoms with Crippen molar-refractivity contribution in [3.05, 3.63) is 28.7 Å². The molecule has 1 atom stereocenters. The molecule has 1 rings (SSSR count). The molecule has 0 bridgehead atoms. The van der Waals surface area contributed by atoms with Gasteiger partial charge in [0, 0.05) is 10.9 Å². The van der Waals surface area contributed by atoms with E-state index in [9.17, 15) is 4.79 Å². The largest absolute Gasteiger partial charge is 0.488 e. The van der Waals surface area contributed by atoms with Gasteiger partial charge in [-0.05, 0) is 32.0 Å². The number of halogens is 1. The van der Waals surface area contributed by atoms with E-state index in [0.717, 1.165) is 10.2 Å². The summed E-state index contributed by atoms with van der Waals surface area (Å²) in [7, 11) is 1.32. The Labute approximate surface area is 116 Å². The molecule has 2 N–H and O–H groups in total. The van der Waals surface area contributed by atoms with E-state index < -0.39 is 17.6 Å². The van der Waals surface area contributed by atoms with Crippen LogP contribution in [0.2, 0.25) is 0 Å². The van der Waals surface area contributed by atoms with Crippen molar-refractivity contribution in [3.63, 3.8) is 0 Å². The lowest BCUT2D eigenvalue weighted by molar-refractivity contribution is -0.143. The van der Waals surface area contributed by atoms with Crippen LogP contribution in [0.3, 0.4) is 0 Å². The van der Waals surface area contributed by atoms with Crippen LogP contribution in [0.25, 0.3) is 0 Å². The van der Waals surface area contributed by atoms with Crippen molar-refractivity contribution in [2.75, 3.05) is 7.11 Å². The standard InChI is InChI=1S/C13H18BrNO3/c1-13(2,8-11(15)12(16)17-3)18-10-6-4-5-9(14)7-10/h4-7,11H,8,15H2,1-3H3. The molecule has 5 heteroatoms. The predicted molar refractivity (Wildman–Crippen MR) is 73.5 cm³/mol. The minimum Gasteiger partial charge on any atom is -0.488 e. The summed E-state index contributed by atoms with van der Waals surface area (Å²) in [4.78, 5) is 11.3. The van der Waals surface area contributed by atoms with Gasteiger partial charge in [0.1, 0.15) is 17.4 Å². The first-order chi connectivity index (χ1) is 8.34. The number of esters is 1. The Morgan fingerprint density at radius 2 is 2.17 bits per heavy atom. The summed E-state index contributed by atoms with van der Waals surface area (Å²) in [5.74, 6) is 0.298. The maximum atomic E-state index is 11.3. The highest BCUT2D eigenvalue weighted by molar-refractivity contribution is 9.10. The van der Waals surface area contributed by atoms with Gasteiger partial charge in [0.25, 0.3) is 0 Å². The first-order valence-corrected chi connectivity index (χ1v) is 6.41. The summed E-state index contributed by atoms with van der Waals surface area (Å²) in [5, 5.41) is 0. The number of rotatable bonds is 5. The lowest BCUT2D eigenvalue weighted by atomic mass is 9.99. The third-order valence-corrected chi connectivity index (χ3v) is 2.90. The van der Waals surface area contributed by atoms with Crippen LogP contribution < -0.4 is 10.5 Å². The molecular formula is C13H18BrNO3. The molecular weight excluding hydrogens is 298 g/mol. The molecule has 0 radical (unpaired) electrons. The van der Waals surface area contributed by atoms with Gasteiger partial charge in [0.15, 0.2) is 0 Å². The summed E-state index contributed by atoms with van der Waals surface area (Å²) in [6, 6.07) is 6.84. The van der Waals surface area contributed by atoms with Crippen molar-refractivity contribution in [1.82, 2.24) is 0 Å². The molecule has 0 amide bonds. The Bertz CT molecular complexity index is 420. The number of methoxy groups -OCH3 is 1. The summed E-state index contributed by atoms with van der Waals surface area (Å²) < 4.78 is 11.4. The van der Waals surface area contributed by atoms with E-state index in [4.69, 9.17) is 10.5 Å². The summed E-state index contributed by atoms with van der Waals surface area (Å²) >= 11 is 3.38. The third-order valence-electron chi connectivity index (χ3n) is 2.41. The Balaban J connectivity index is 2.67. The molecule has 1 aromatic rings. The first-order valence-electron chi connectivity index (χ1n) is 5.62. The van der Waals surface area contributed by atoms with Crippen molar-refractivity contribution in [1.29, 1.82) is 0 Å². The summed E-state index contributed by atoms with van der Waals surface area (Å²) in [5.41, 5.74) is 5.19. The topological polar surface area (TPSA) is 61.5 Å². The molecule has 0 heterocycles. The molecule has 0 aromatic heterocycles. The van der Waals surface area contributed by atoms with Crippen LogP contribution in [0.5, 0.6) is 5.75 Å². The van der Waals surface area contributed by atoms with E-state index in [1.165, 1.54) is 7.11 Å². The van der Waals surface area contributed by atoms with Crippen LogP contribution in [0, 0.1) is 0 Å². The van der Waals surface area contributed by atoms with Gasteiger partial charge >= 0.3 is 5.97 Å². The van der Waals surface area contributed by atoms with Gasteiger partial charge in [-0.2, -0.15) is 0 Å². The molecule has 1 unspecified atom stereocenters. The zero-order valence-electron chi connectivity index (χ0n) is 10.8. The molecule has 4 nitrogen and oxygen atoms in total. The molecule has 1 aromatic carbocycles. The normalized spacial score (nSPS) is 12.9. The van der Waals surface area contributed by atoms with Crippen molar-refractivity contribution in [2.24, 2.45) is 5.73 Å². The van der Waals surface area contributed by atoms with Crippen molar-refractivity contribution >= 4 is 21.9 Å². The van der Waals surface area contributed by atoms with Gasteiger partial charge in [-0.1, -0.05) is 22.0 Å². The van der Waals surface area contributed by atoms with Gasteiger partial charge in [0.2, 0.25) is 0 Å². The third kappa shape index (κ3) is 4.66. The Morgan fingerprint density at radius 3 is 2.72 bits per heavy atom. The SMILES string of the molecule is COC(=O)C(N)CC(C)(C)Oc1cccc(Br)c1. The van der Waals surface area contributed by atoms with Crippen LogP contribution in [0.15, 0.2) is 28.7 Å². The highest BCUT2D eigenvalue weighted by Gasteiger charge is 2.27. The van der Waals surface area contributed by atoms with Crippen LogP contribution in [0.4, 0.5) is 0 Å². The van der Waals surface area contributed by atoms with Gasteiger partial charge < -0.3 is 15.2 Å². The Kier molecular flexibility index (Phi) is 5.16. The number of hydrogen-bond acceptors (Lipinski definition) is 4. The smallest absolute Gasteiger partial charge is 0.322 e. The van der Waals surface area contributed by atoms with E-state index in [1.807, 2.05) is 38.1 Å². The van der Waals surface area contributed by atoms with Gasteiger partial charge in [0.05, 0.1) is 7.11 Å². The van der Waals surface area contributed by atoms with E-state index in [2.05, 4.69) is 20.7 Å². The second kappa shape index (κ2) is 6.20.